The standard InChI is InChI=1S/C7H15NO2.C5H9NO4.C3H8N2O2/c1-2-6(8)4-3-5-7(9)10;6-3(5(9)10)1-2-4(7)8;4-1-2(5)3(6)7/h6H,2-5,8H2,1H3,(H,9,10);3H,1-2,6H2,(H,7,8)(H,9,10);2H,1,4-5H2,(H,6,7)/t;3-;/m.0./s1. The van der Waals surface area contributed by atoms with Crippen LogP contribution < -0.4 is 22.9 Å². The third-order valence-electron chi connectivity index (χ3n) is 3.05. The zero-order chi connectivity index (χ0) is 22.0. The average molecular weight is 396 g/mol. The zero-order valence-electron chi connectivity index (χ0n) is 15.4. The maximum Gasteiger partial charge on any atom is 0.321 e. The molecular formula is C15H32N4O8. The molecule has 0 saturated carbocycles. The van der Waals surface area contributed by atoms with Crippen LogP contribution in [-0.2, 0) is 19.2 Å². The van der Waals surface area contributed by atoms with E-state index in [0.29, 0.717) is 6.42 Å². The summed E-state index contributed by atoms with van der Waals surface area (Å²) in [6.45, 7) is 2.00. The van der Waals surface area contributed by atoms with Gasteiger partial charge in [0.2, 0.25) is 0 Å². The Morgan fingerprint density at radius 2 is 1.22 bits per heavy atom. The van der Waals surface area contributed by atoms with E-state index in [-0.39, 0.29) is 31.8 Å². The van der Waals surface area contributed by atoms with E-state index in [4.69, 9.17) is 43.4 Å². The molecule has 0 heterocycles. The first-order valence-corrected chi connectivity index (χ1v) is 8.24. The maximum atomic E-state index is 10.0. The molecule has 0 fully saturated rings. The fraction of sp³-hybridized carbons (Fsp3) is 0.733. The lowest BCUT2D eigenvalue weighted by Crippen LogP contribution is -2.37. The summed E-state index contributed by atoms with van der Waals surface area (Å²) in [7, 11) is 0. The van der Waals surface area contributed by atoms with Gasteiger partial charge in [-0.25, -0.2) is 0 Å². The molecule has 3 atom stereocenters. The normalized spacial score (nSPS) is 12.9. The van der Waals surface area contributed by atoms with Crippen LogP contribution >= 0.6 is 0 Å². The lowest BCUT2D eigenvalue weighted by atomic mass is 10.1. The van der Waals surface area contributed by atoms with Crippen molar-refractivity contribution in [1.82, 2.24) is 0 Å². The number of aliphatic carboxylic acids is 4. The van der Waals surface area contributed by atoms with Gasteiger partial charge in [0.15, 0.2) is 0 Å². The Morgan fingerprint density at radius 3 is 1.48 bits per heavy atom. The van der Waals surface area contributed by atoms with E-state index < -0.39 is 36.0 Å². The van der Waals surface area contributed by atoms with Gasteiger partial charge in [-0.05, 0) is 25.7 Å². The van der Waals surface area contributed by atoms with E-state index in [1.165, 1.54) is 0 Å². The molecule has 0 rings (SSSR count). The van der Waals surface area contributed by atoms with Crippen LogP contribution in [0, 0.1) is 0 Å². The van der Waals surface area contributed by atoms with Gasteiger partial charge in [0.05, 0.1) is 0 Å². The Balaban J connectivity index is -0.000000326. The van der Waals surface area contributed by atoms with E-state index >= 15 is 0 Å². The largest absolute Gasteiger partial charge is 0.481 e. The molecule has 12 N–H and O–H groups in total. The van der Waals surface area contributed by atoms with Crippen LogP contribution in [0.5, 0.6) is 0 Å². The highest BCUT2D eigenvalue weighted by molar-refractivity contribution is 5.74. The average Bonchev–Trinajstić information content (AvgIpc) is 2.59. The quantitative estimate of drug-likeness (QED) is 0.200. The van der Waals surface area contributed by atoms with Crippen LogP contribution in [0.25, 0.3) is 0 Å². The number of carbonyl (C=O) groups is 4. The van der Waals surface area contributed by atoms with Crippen molar-refractivity contribution in [2.75, 3.05) is 6.54 Å². The van der Waals surface area contributed by atoms with Crippen LogP contribution in [0.3, 0.4) is 0 Å². The molecule has 0 aliphatic rings. The molecule has 2 unspecified atom stereocenters. The van der Waals surface area contributed by atoms with Gasteiger partial charge in [-0.3, -0.25) is 19.2 Å². The summed E-state index contributed by atoms with van der Waals surface area (Å²) in [5, 5.41) is 32.5. The fourth-order valence-electron chi connectivity index (χ4n) is 1.22. The molecule has 0 aromatic carbocycles. The van der Waals surface area contributed by atoms with Crippen LogP contribution in [-0.4, -0.2) is 69.0 Å². The Morgan fingerprint density at radius 1 is 0.778 bits per heavy atom. The molecule has 160 valence electrons. The van der Waals surface area contributed by atoms with Gasteiger partial charge >= 0.3 is 23.9 Å². The number of rotatable bonds is 11. The minimum atomic E-state index is -1.17. The third kappa shape index (κ3) is 26.1. The molecular weight excluding hydrogens is 364 g/mol. The Kier molecular flexibility index (Phi) is 20.2. The first-order chi connectivity index (χ1) is 12.4. The molecule has 0 spiro atoms. The van der Waals surface area contributed by atoms with Crippen molar-refractivity contribution in [3.05, 3.63) is 0 Å². The lowest BCUT2D eigenvalue weighted by molar-refractivity contribution is -0.140. The first kappa shape index (κ1) is 29.5. The van der Waals surface area contributed by atoms with Gasteiger partial charge in [0, 0.05) is 25.4 Å². The monoisotopic (exact) mass is 396 g/mol. The molecule has 0 saturated heterocycles. The van der Waals surface area contributed by atoms with Crippen LogP contribution in [0.4, 0.5) is 0 Å². The first-order valence-electron chi connectivity index (χ1n) is 8.24. The molecule has 0 radical (unpaired) electrons. The zero-order valence-corrected chi connectivity index (χ0v) is 15.4. The number of carboxylic acid groups (broad SMARTS) is 4. The molecule has 0 bridgehead atoms. The number of carboxylic acids is 4. The fourth-order valence-corrected chi connectivity index (χ4v) is 1.22. The van der Waals surface area contributed by atoms with Gasteiger partial charge < -0.3 is 43.4 Å². The SMILES string of the molecule is CCC(N)CCCC(=O)O.NCC(N)C(=O)O.N[C@@H](CCC(=O)O)C(=O)O. The van der Waals surface area contributed by atoms with E-state index in [9.17, 15) is 19.2 Å². The van der Waals surface area contributed by atoms with E-state index in [0.717, 1.165) is 12.8 Å². The number of nitrogens with two attached hydrogens (primary N) is 4. The van der Waals surface area contributed by atoms with Gasteiger partial charge in [-0.2, -0.15) is 0 Å². The Bertz CT molecular complexity index is 448. The Labute approximate surface area is 157 Å². The second-order valence-electron chi connectivity index (χ2n) is 5.51. The molecule has 0 amide bonds. The van der Waals surface area contributed by atoms with Crippen molar-refractivity contribution in [1.29, 1.82) is 0 Å². The van der Waals surface area contributed by atoms with Crippen molar-refractivity contribution in [3.63, 3.8) is 0 Å². The van der Waals surface area contributed by atoms with Crippen molar-refractivity contribution in [2.45, 2.75) is 63.6 Å². The van der Waals surface area contributed by atoms with Crippen LogP contribution in [0.1, 0.15) is 45.4 Å². The summed E-state index contributed by atoms with van der Waals surface area (Å²) in [6, 6.07) is -1.78. The summed E-state index contributed by atoms with van der Waals surface area (Å²) in [6.07, 6.45) is 2.47. The summed E-state index contributed by atoms with van der Waals surface area (Å²) >= 11 is 0. The lowest BCUT2D eigenvalue weighted by Gasteiger charge is -2.05. The highest BCUT2D eigenvalue weighted by atomic mass is 16.4. The van der Waals surface area contributed by atoms with Gasteiger partial charge in [-0.1, -0.05) is 6.92 Å². The third-order valence-corrected chi connectivity index (χ3v) is 3.05. The Hall–Kier alpha value is -2.28. The van der Waals surface area contributed by atoms with Gasteiger partial charge in [-0.15, -0.1) is 0 Å². The van der Waals surface area contributed by atoms with Crippen molar-refractivity contribution < 1.29 is 39.6 Å². The minimum absolute atomic E-state index is 0.00463. The molecule has 0 aromatic rings. The second kappa shape index (κ2) is 18.5. The highest BCUT2D eigenvalue weighted by Gasteiger charge is 2.12. The maximum absolute atomic E-state index is 10.0. The predicted molar refractivity (Wildman–Crippen MR) is 96.9 cm³/mol. The van der Waals surface area contributed by atoms with E-state index in [1.54, 1.807) is 0 Å². The molecule has 0 aliphatic heterocycles. The second-order valence-corrected chi connectivity index (χ2v) is 5.51. The molecule has 12 nitrogen and oxygen atoms in total. The predicted octanol–water partition coefficient (Wildman–Crippen LogP) is -1.40. The van der Waals surface area contributed by atoms with Crippen molar-refractivity contribution in [2.24, 2.45) is 22.9 Å². The summed E-state index contributed by atoms with van der Waals surface area (Å²) in [5.41, 5.74) is 20.3. The molecule has 0 aliphatic carbocycles. The van der Waals surface area contributed by atoms with Crippen molar-refractivity contribution >= 4 is 23.9 Å². The summed E-state index contributed by atoms with van der Waals surface area (Å²) in [5.74, 6) is -3.98. The van der Waals surface area contributed by atoms with Crippen molar-refractivity contribution in [3.8, 4) is 0 Å². The minimum Gasteiger partial charge on any atom is -0.481 e. The number of hydrogen-bond acceptors (Lipinski definition) is 8. The topological polar surface area (TPSA) is 253 Å². The summed E-state index contributed by atoms with van der Waals surface area (Å²) < 4.78 is 0. The number of hydrogen-bond donors (Lipinski definition) is 8. The van der Waals surface area contributed by atoms with Gasteiger partial charge in [0.1, 0.15) is 12.1 Å². The van der Waals surface area contributed by atoms with E-state index in [1.807, 2.05) is 6.92 Å². The molecule has 27 heavy (non-hydrogen) atoms. The smallest absolute Gasteiger partial charge is 0.321 e. The molecule has 0 aromatic heterocycles. The van der Waals surface area contributed by atoms with E-state index in [2.05, 4.69) is 0 Å². The van der Waals surface area contributed by atoms with Crippen LogP contribution in [0.15, 0.2) is 0 Å². The van der Waals surface area contributed by atoms with Gasteiger partial charge in [0.25, 0.3) is 0 Å². The summed E-state index contributed by atoms with van der Waals surface area (Å²) in [4.78, 5) is 39.6. The van der Waals surface area contributed by atoms with Crippen LogP contribution in [0.2, 0.25) is 0 Å². The molecule has 12 heteroatoms. The highest BCUT2D eigenvalue weighted by Crippen LogP contribution is 2.01.